The van der Waals surface area contributed by atoms with Crippen LogP contribution < -0.4 is 5.32 Å². The van der Waals surface area contributed by atoms with Gasteiger partial charge in [-0.1, -0.05) is 66.4 Å². The Morgan fingerprint density at radius 1 is 1.25 bits per heavy atom. The Balaban J connectivity index is 1.85. The van der Waals surface area contributed by atoms with E-state index in [1.54, 1.807) is 17.0 Å². The van der Waals surface area contributed by atoms with Crippen molar-refractivity contribution in [2.75, 3.05) is 0 Å². The van der Waals surface area contributed by atoms with Gasteiger partial charge in [-0.2, -0.15) is 5.10 Å². The average molecular weight is 409 g/mol. The molecule has 2 aromatic carbocycles. The Labute approximate surface area is 170 Å². The van der Waals surface area contributed by atoms with Crippen LogP contribution in [-0.4, -0.2) is 31.1 Å². The summed E-state index contributed by atoms with van der Waals surface area (Å²) in [6.07, 6.45) is 3.48. The predicted octanol–water partition coefficient (Wildman–Crippen LogP) is 3.67. The number of fused-ring (bicyclic) bond motifs is 1. The monoisotopic (exact) mass is 409 g/mol. The molecule has 1 aliphatic rings. The first-order valence-corrected chi connectivity index (χ1v) is 9.76. The summed E-state index contributed by atoms with van der Waals surface area (Å²) in [5.41, 5.74) is 2.36. The smallest absolute Gasteiger partial charge is 0.305 e. The van der Waals surface area contributed by atoms with Gasteiger partial charge in [-0.05, 0) is 16.8 Å². The van der Waals surface area contributed by atoms with Crippen LogP contribution in [-0.2, 0) is 16.1 Å². The summed E-state index contributed by atoms with van der Waals surface area (Å²) in [5, 5.41) is 18.3. The number of carbonyl (C=O) groups is 2. The van der Waals surface area contributed by atoms with E-state index in [9.17, 15) is 9.59 Å². The number of nitrogens with zero attached hydrogens (tertiary/aromatic N) is 2. The topological polar surface area (TPSA) is 84.2 Å². The highest BCUT2D eigenvalue weighted by atomic mass is 32.2. The van der Waals surface area contributed by atoms with Gasteiger partial charge in [0.15, 0.2) is 0 Å². The number of nitrogens with one attached hydrogen (secondary N) is 1. The lowest BCUT2D eigenvalue weighted by molar-refractivity contribution is -0.137. The summed E-state index contributed by atoms with van der Waals surface area (Å²) in [5.74, 6) is -1.13. The molecule has 1 amide bonds. The molecular formula is C20H15N3O3S2. The van der Waals surface area contributed by atoms with E-state index in [0.29, 0.717) is 14.9 Å². The summed E-state index contributed by atoms with van der Waals surface area (Å²) in [4.78, 5) is 23.5. The van der Waals surface area contributed by atoms with E-state index in [0.717, 1.165) is 21.9 Å². The van der Waals surface area contributed by atoms with Crippen LogP contribution in [0.3, 0.4) is 0 Å². The van der Waals surface area contributed by atoms with E-state index in [1.165, 1.54) is 11.8 Å². The van der Waals surface area contributed by atoms with E-state index >= 15 is 0 Å². The first kappa shape index (κ1) is 18.4. The molecule has 2 N–H and O–H groups in total. The van der Waals surface area contributed by atoms with Crippen molar-refractivity contribution in [2.24, 2.45) is 0 Å². The fourth-order valence-corrected chi connectivity index (χ4v) is 4.11. The summed E-state index contributed by atoms with van der Waals surface area (Å²) < 4.78 is 2.02. The van der Waals surface area contributed by atoms with Crippen molar-refractivity contribution in [3.05, 3.63) is 59.1 Å². The number of hydrogen-bond acceptors (Lipinski definition) is 5. The molecule has 1 aliphatic heterocycles. The van der Waals surface area contributed by atoms with E-state index in [4.69, 9.17) is 17.3 Å². The lowest BCUT2D eigenvalue weighted by Gasteiger charge is -2.05. The largest absolute Gasteiger partial charge is 0.481 e. The van der Waals surface area contributed by atoms with Crippen LogP contribution in [0.15, 0.2) is 53.6 Å². The molecule has 1 saturated heterocycles. The zero-order chi connectivity index (χ0) is 19.7. The average Bonchev–Trinajstić information content (AvgIpc) is 3.22. The van der Waals surface area contributed by atoms with Crippen LogP contribution >= 0.6 is 24.0 Å². The highest BCUT2D eigenvalue weighted by Crippen LogP contribution is 2.33. The van der Waals surface area contributed by atoms with Gasteiger partial charge in [0.2, 0.25) is 0 Å². The third kappa shape index (κ3) is 3.69. The second-order valence-corrected chi connectivity index (χ2v) is 7.94. The van der Waals surface area contributed by atoms with Crippen LogP contribution in [0.5, 0.6) is 0 Å². The Morgan fingerprint density at radius 2 is 2.04 bits per heavy atom. The molecule has 2 heterocycles. The van der Waals surface area contributed by atoms with E-state index in [2.05, 4.69) is 10.4 Å². The zero-order valence-corrected chi connectivity index (χ0v) is 16.2. The van der Waals surface area contributed by atoms with Crippen molar-refractivity contribution < 1.29 is 14.7 Å². The lowest BCUT2D eigenvalue weighted by Crippen LogP contribution is -2.17. The van der Waals surface area contributed by atoms with Gasteiger partial charge in [0.05, 0.1) is 17.9 Å². The summed E-state index contributed by atoms with van der Waals surface area (Å²) in [7, 11) is 0. The van der Waals surface area contributed by atoms with Gasteiger partial charge in [0.1, 0.15) is 10.0 Å². The minimum absolute atomic E-state index is 0.0357. The van der Waals surface area contributed by atoms with Crippen LogP contribution in [0.4, 0.5) is 0 Å². The number of hydrogen-bond donors (Lipinski definition) is 2. The molecule has 3 aromatic rings. The number of rotatable bonds is 5. The molecule has 140 valence electrons. The van der Waals surface area contributed by atoms with Crippen molar-refractivity contribution >= 4 is 57.0 Å². The fourth-order valence-electron chi connectivity index (χ4n) is 3.07. The number of thiocarbonyl (C=S) groups is 1. The molecule has 0 atom stereocenters. The summed E-state index contributed by atoms with van der Waals surface area (Å²) >= 11 is 6.26. The minimum atomic E-state index is -0.891. The lowest BCUT2D eigenvalue weighted by atomic mass is 10.00. The normalized spacial score (nSPS) is 15.4. The third-order valence-corrected chi connectivity index (χ3v) is 5.48. The number of carboxylic acid groups (broad SMARTS) is 1. The quantitative estimate of drug-likeness (QED) is 0.494. The van der Waals surface area contributed by atoms with Gasteiger partial charge in [0.25, 0.3) is 5.91 Å². The van der Waals surface area contributed by atoms with Crippen molar-refractivity contribution in [2.45, 2.75) is 13.0 Å². The summed E-state index contributed by atoms with van der Waals surface area (Å²) in [6.45, 7) is 0.244. The first-order chi connectivity index (χ1) is 13.5. The Bertz CT molecular complexity index is 1150. The van der Waals surface area contributed by atoms with Crippen LogP contribution in [0, 0.1) is 0 Å². The fraction of sp³-hybridized carbons (Fsp3) is 0.100. The molecule has 0 aliphatic carbocycles. The van der Waals surface area contributed by atoms with Crippen LogP contribution in [0.2, 0.25) is 0 Å². The van der Waals surface area contributed by atoms with Crippen molar-refractivity contribution in [1.29, 1.82) is 0 Å². The van der Waals surface area contributed by atoms with Gasteiger partial charge in [-0.15, -0.1) is 0 Å². The Morgan fingerprint density at radius 3 is 2.79 bits per heavy atom. The molecule has 8 heteroatoms. The maximum absolute atomic E-state index is 12.1. The molecule has 0 spiro atoms. The number of benzene rings is 2. The number of aliphatic carboxylic acids is 1. The SMILES string of the molecule is O=C(O)CCn1cc(/C=C2/SC(=S)NC2=O)c(-c2cccc3ccccc23)n1. The number of carboxylic acids is 1. The van der Waals surface area contributed by atoms with E-state index < -0.39 is 5.97 Å². The molecule has 0 bridgehead atoms. The number of aromatic nitrogens is 2. The molecule has 28 heavy (non-hydrogen) atoms. The third-order valence-electron chi connectivity index (χ3n) is 4.32. The van der Waals surface area contributed by atoms with Crippen molar-refractivity contribution in [3.8, 4) is 11.3 Å². The van der Waals surface area contributed by atoms with Crippen LogP contribution in [0.25, 0.3) is 28.1 Å². The highest BCUT2D eigenvalue weighted by Gasteiger charge is 2.23. The zero-order valence-electron chi connectivity index (χ0n) is 14.6. The second-order valence-electron chi connectivity index (χ2n) is 6.22. The summed E-state index contributed by atoms with van der Waals surface area (Å²) in [6, 6.07) is 13.9. The maximum atomic E-state index is 12.1. The molecule has 1 fully saturated rings. The van der Waals surface area contributed by atoms with Gasteiger partial charge in [-0.3, -0.25) is 14.3 Å². The number of carbonyl (C=O) groups excluding carboxylic acids is 1. The maximum Gasteiger partial charge on any atom is 0.305 e. The second kappa shape index (κ2) is 7.57. The molecule has 0 radical (unpaired) electrons. The number of thioether (sulfide) groups is 1. The standard InChI is InChI=1S/C20H15N3O3S2/c24-17(25)8-9-23-11-13(10-16-19(26)21-20(27)28-16)18(22-23)15-7-3-5-12-4-1-2-6-14(12)15/h1-7,10-11H,8-9H2,(H,24,25)(H,21,26,27)/b16-10+. The first-order valence-electron chi connectivity index (χ1n) is 8.53. The Hall–Kier alpha value is -2.97. The molecule has 1 aromatic heterocycles. The van der Waals surface area contributed by atoms with Crippen LogP contribution in [0.1, 0.15) is 12.0 Å². The Kier molecular flexibility index (Phi) is 4.97. The van der Waals surface area contributed by atoms with Crippen molar-refractivity contribution in [3.63, 3.8) is 0 Å². The molecule has 4 rings (SSSR count). The number of amides is 1. The van der Waals surface area contributed by atoms with E-state index in [1.807, 2.05) is 42.5 Å². The van der Waals surface area contributed by atoms with Gasteiger partial charge < -0.3 is 10.4 Å². The molecule has 6 nitrogen and oxygen atoms in total. The number of aryl methyl sites for hydroxylation is 1. The predicted molar refractivity (Wildman–Crippen MR) is 114 cm³/mol. The van der Waals surface area contributed by atoms with Gasteiger partial charge in [-0.25, -0.2) is 0 Å². The molecular weight excluding hydrogens is 394 g/mol. The minimum Gasteiger partial charge on any atom is -0.481 e. The molecule has 0 unspecified atom stereocenters. The molecule has 0 saturated carbocycles. The highest BCUT2D eigenvalue weighted by molar-refractivity contribution is 8.26. The van der Waals surface area contributed by atoms with Gasteiger partial charge >= 0.3 is 5.97 Å². The van der Waals surface area contributed by atoms with Gasteiger partial charge in [0, 0.05) is 17.3 Å². The van der Waals surface area contributed by atoms with E-state index in [-0.39, 0.29) is 18.9 Å². The van der Waals surface area contributed by atoms with Crippen molar-refractivity contribution in [1.82, 2.24) is 15.1 Å².